The van der Waals surface area contributed by atoms with Crippen LogP contribution in [0.3, 0.4) is 0 Å². The van der Waals surface area contributed by atoms with E-state index in [9.17, 15) is 9.90 Å². The average Bonchev–Trinajstić information content (AvgIpc) is 3.34. The average molecular weight is 501 g/mol. The van der Waals surface area contributed by atoms with E-state index in [1.807, 2.05) is 18.2 Å². The highest BCUT2D eigenvalue weighted by atomic mass is 16.6. The lowest BCUT2D eigenvalue weighted by molar-refractivity contribution is -0.123. The number of fused-ring (bicyclic) bond motifs is 1. The molecule has 2 N–H and O–H groups in total. The molecule has 2 aliphatic rings. The number of carbonyl (C=O) groups excluding carboxylic acids is 1. The SMILES string of the molecule is COC[C@H]1CCCN1C[C@@H](NC(=O)CCOc1ccc(OC)cc1)[C@@H](O)c1ccc2c(c1)OCCO2. The van der Waals surface area contributed by atoms with Gasteiger partial charge in [0.15, 0.2) is 11.5 Å². The largest absolute Gasteiger partial charge is 0.497 e. The highest BCUT2D eigenvalue weighted by Gasteiger charge is 2.31. The lowest BCUT2D eigenvalue weighted by atomic mass is 10.00. The Morgan fingerprint density at radius 3 is 2.61 bits per heavy atom. The third-order valence-electron chi connectivity index (χ3n) is 6.58. The van der Waals surface area contributed by atoms with Crippen LogP contribution < -0.4 is 24.3 Å². The van der Waals surface area contributed by atoms with Gasteiger partial charge in [0.1, 0.15) is 30.8 Å². The number of aliphatic hydroxyl groups is 1. The normalized spacial score (nSPS) is 18.9. The first-order valence-corrected chi connectivity index (χ1v) is 12.4. The van der Waals surface area contributed by atoms with Crippen molar-refractivity contribution < 1.29 is 33.6 Å². The highest BCUT2D eigenvalue weighted by Crippen LogP contribution is 2.34. The van der Waals surface area contributed by atoms with Gasteiger partial charge in [-0.25, -0.2) is 0 Å². The molecular formula is C27H36N2O7. The zero-order valence-electron chi connectivity index (χ0n) is 21.0. The zero-order valence-corrected chi connectivity index (χ0v) is 21.0. The van der Waals surface area contributed by atoms with Crippen molar-refractivity contribution in [3.05, 3.63) is 48.0 Å². The molecule has 36 heavy (non-hydrogen) atoms. The van der Waals surface area contributed by atoms with Gasteiger partial charge in [-0.3, -0.25) is 9.69 Å². The van der Waals surface area contributed by atoms with Gasteiger partial charge in [-0.1, -0.05) is 6.07 Å². The molecule has 2 heterocycles. The molecule has 1 fully saturated rings. The van der Waals surface area contributed by atoms with Crippen molar-refractivity contribution >= 4 is 5.91 Å². The number of methoxy groups -OCH3 is 2. The molecule has 2 aromatic carbocycles. The van der Waals surface area contributed by atoms with Crippen LogP contribution in [0, 0.1) is 0 Å². The number of nitrogens with zero attached hydrogens (tertiary/aromatic N) is 1. The molecule has 4 rings (SSSR count). The van der Waals surface area contributed by atoms with Gasteiger partial charge in [-0.15, -0.1) is 0 Å². The number of hydrogen-bond acceptors (Lipinski definition) is 8. The molecule has 0 aliphatic carbocycles. The molecule has 1 saturated heterocycles. The van der Waals surface area contributed by atoms with Gasteiger partial charge >= 0.3 is 0 Å². The summed E-state index contributed by atoms with van der Waals surface area (Å²) >= 11 is 0. The Hall–Kier alpha value is -3.01. The molecule has 0 saturated carbocycles. The van der Waals surface area contributed by atoms with Crippen LogP contribution in [0.2, 0.25) is 0 Å². The molecule has 2 aliphatic heterocycles. The van der Waals surface area contributed by atoms with Gasteiger partial charge < -0.3 is 34.1 Å². The summed E-state index contributed by atoms with van der Waals surface area (Å²) in [5.41, 5.74) is 0.668. The number of hydrogen-bond donors (Lipinski definition) is 2. The Morgan fingerprint density at radius 2 is 1.86 bits per heavy atom. The maximum Gasteiger partial charge on any atom is 0.223 e. The topological polar surface area (TPSA) is 98.7 Å². The molecule has 3 atom stereocenters. The van der Waals surface area contributed by atoms with Crippen molar-refractivity contribution in [3.63, 3.8) is 0 Å². The number of nitrogens with one attached hydrogen (secondary N) is 1. The third-order valence-corrected chi connectivity index (χ3v) is 6.58. The second-order valence-electron chi connectivity index (χ2n) is 9.04. The fourth-order valence-corrected chi connectivity index (χ4v) is 4.68. The lowest BCUT2D eigenvalue weighted by Gasteiger charge is -2.32. The number of ether oxygens (including phenoxy) is 5. The maximum absolute atomic E-state index is 12.9. The molecule has 0 unspecified atom stereocenters. The van der Waals surface area contributed by atoms with Crippen LogP contribution in [0.15, 0.2) is 42.5 Å². The highest BCUT2D eigenvalue weighted by molar-refractivity contribution is 5.76. The van der Waals surface area contributed by atoms with E-state index in [1.54, 1.807) is 38.5 Å². The number of likely N-dealkylation sites (tertiary alicyclic amines) is 1. The van der Waals surface area contributed by atoms with Crippen LogP contribution >= 0.6 is 0 Å². The van der Waals surface area contributed by atoms with Crippen molar-refractivity contribution in [1.82, 2.24) is 10.2 Å². The minimum Gasteiger partial charge on any atom is -0.497 e. The van der Waals surface area contributed by atoms with E-state index in [4.69, 9.17) is 23.7 Å². The first-order valence-electron chi connectivity index (χ1n) is 12.4. The number of amides is 1. The van der Waals surface area contributed by atoms with E-state index in [2.05, 4.69) is 10.2 Å². The summed E-state index contributed by atoms with van der Waals surface area (Å²) in [6.45, 7) is 3.22. The molecule has 0 radical (unpaired) electrons. The summed E-state index contributed by atoms with van der Waals surface area (Å²) in [5.74, 6) is 2.48. The van der Waals surface area contributed by atoms with Gasteiger partial charge in [0, 0.05) is 19.7 Å². The predicted octanol–water partition coefficient (Wildman–Crippen LogP) is 2.56. The third kappa shape index (κ3) is 6.81. The summed E-state index contributed by atoms with van der Waals surface area (Å²) in [4.78, 5) is 15.2. The number of aliphatic hydroxyl groups excluding tert-OH is 1. The zero-order chi connectivity index (χ0) is 25.3. The number of carbonyl (C=O) groups is 1. The van der Waals surface area contributed by atoms with Gasteiger partial charge in [-0.2, -0.15) is 0 Å². The smallest absolute Gasteiger partial charge is 0.223 e. The van der Waals surface area contributed by atoms with E-state index in [-0.39, 0.29) is 25.0 Å². The molecule has 0 bridgehead atoms. The van der Waals surface area contributed by atoms with E-state index in [0.717, 1.165) is 25.1 Å². The summed E-state index contributed by atoms with van der Waals surface area (Å²) in [5, 5.41) is 14.4. The Labute approximate surface area is 212 Å². The van der Waals surface area contributed by atoms with Gasteiger partial charge in [0.05, 0.1) is 32.8 Å². The Morgan fingerprint density at radius 1 is 1.11 bits per heavy atom. The van der Waals surface area contributed by atoms with Crippen molar-refractivity contribution in [2.45, 2.75) is 37.5 Å². The van der Waals surface area contributed by atoms with Gasteiger partial charge in [0.2, 0.25) is 5.91 Å². The molecular weight excluding hydrogens is 464 g/mol. The predicted molar refractivity (Wildman–Crippen MR) is 134 cm³/mol. The Balaban J connectivity index is 1.40. The first-order chi connectivity index (χ1) is 17.6. The van der Waals surface area contributed by atoms with Crippen LogP contribution in [0.25, 0.3) is 0 Å². The molecule has 1 amide bonds. The Kier molecular flexibility index (Phi) is 9.27. The van der Waals surface area contributed by atoms with Crippen LogP contribution in [-0.4, -0.2) is 81.7 Å². The van der Waals surface area contributed by atoms with Crippen molar-refractivity contribution in [3.8, 4) is 23.0 Å². The maximum atomic E-state index is 12.9. The minimum absolute atomic E-state index is 0.165. The standard InChI is InChI=1S/C27H36N2O7/c1-32-18-20-4-3-12-29(20)17-23(27(31)19-5-10-24-25(16-19)36-15-14-35-24)28-26(30)11-13-34-22-8-6-21(33-2)7-9-22/h5-10,16,20,23,27,31H,3-4,11-15,17-18H2,1-2H3,(H,28,30)/t20-,23-,27+/m1/s1. The van der Waals surface area contributed by atoms with Crippen molar-refractivity contribution in [2.75, 3.05) is 53.7 Å². The molecule has 2 aromatic rings. The number of rotatable bonds is 12. The summed E-state index contributed by atoms with van der Waals surface area (Å²) < 4.78 is 27.6. The summed E-state index contributed by atoms with van der Waals surface area (Å²) in [6.07, 6.45) is 1.34. The van der Waals surface area contributed by atoms with Crippen LogP contribution in [0.1, 0.15) is 30.9 Å². The second-order valence-corrected chi connectivity index (χ2v) is 9.04. The van der Waals surface area contributed by atoms with Crippen LogP contribution in [0.5, 0.6) is 23.0 Å². The van der Waals surface area contributed by atoms with Crippen LogP contribution in [0.4, 0.5) is 0 Å². The van der Waals surface area contributed by atoms with Crippen LogP contribution in [-0.2, 0) is 9.53 Å². The van der Waals surface area contributed by atoms with E-state index >= 15 is 0 Å². The lowest BCUT2D eigenvalue weighted by Crippen LogP contribution is -2.49. The molecule has 0 aromatic heterocycles. The summed E-state index contributed by atoms with van der Waals surface area (Å²) in [6, 6.07) is 12.4. The van der Waals surface area contributed by atoms with E-state index < -0.39 is 12.1 Å². The van der Waals surface area contributed by atoms with Gasteiger partial charge in [-0.05, 0) is 61.3 Å². The monoisotopic (exact) mass is 500 g/mol. The molecule has 0 spiro atoms. The minimum atomic E-state index is -0.920. The van der Waals surface area contributed by atoms with E-state index in [1.165, 1.54) is 0 Å². The first kappa shape index (κ1) is 26.1. The number of benzene rings is 2. The molecule has 196 valence electrons. The van der Waals surface area contributed by atoms with Gasteiger partial charge in [0.25, 0.3) is 0 Å². The Bertz CT molecular complexity index is 985. The van der Waals surface area contributed by atoms with Crippen molar-refractivity contribution in [1.29, 1.82) is 0 Å². The fourth-order valence-electron chi connectivity index (χ4n) is 4.68. The quantitative estimate of drug-likeness (QED) is 0.459. The molecule has 9 heteroatoms. The summed E-state index contributed by atoms with van der Waals surface area (Å²) in [7, 11) is 3.30. The molecule has 9 nitrogen and oxygen atoms in total. The second kappa shape index (κ2) is 12.8. The fraction of sp³-hybridized carbons (Fsp3) is 0.519. The van der Waals surface area contributed by atoms with E-state index in [0.29, 0.717) is 49.2 Å². The van der Waals surface area contributed by atoms with Crippen molar-refractivity contribution in [2.24, 2.45) is 0 Å².